The van der Waals surface area contributed by atoms with Crippen molar-refractivity contribution in [2.24, 2.45) is 0 Å². The standard InChI is InChI=1S/C12H15F2NO4/c1-7(16)15-6-10(17)11(18)8-2-4-9(5-3-8)19-12(13)14/h2-5,10-12,17-18H,6H2,1H3,(H,15,16). The summed E-state index contributed by atoms with van der Waals surface area (Å²) in [5, 5.41) is 21.8. The van der Waals surface area contributed by atoms with Crippen molar-refractivity contribution in [1.82, 2.24) is 5.32 Å². The molecule has 2 unspecified atom stereocenters. The molecule has 0 saturated carbocycles. The van der Waals surface area contributed by atoms with Crippen LogP contribution in [0.25, 0.3) is 0 Å². The van der Waals surface area contributed by atoms with E-state index in [0.29, 0.717) is 5.56 Å². The Labute approximate surface area is 108 Å². The number of rotatable bonds is 6. The van der Waals surface area contributed by atoms with Crippen LogP contribution in [0.1, 0.15) is 18.6 Å². The summed E-state index contributed by atoms with van der Waals surface area (Å²) in [6.07, 6.45) is -2.42. The zero-order valence-corrected chi connectivity index (χ0v) is 10.2. The lowest BCUT2D eigenvalue weighted by atomic mass is 10.0. The van der Waals surface area contributed by atoms with Crippen LogP contribution >= 0.6 is 0 Å². The van der Waals surface area contributed by atoms with E-state index in [0.717, 1.165) is 0 Å². The second-order valence-corrected chi connectivity index (χ2v) is 3.90. The third kappa shape index (κ3) is 5.19. The maximum absolute atomic E-state index is 11.9. The van der Waals surface area contributed by atoms with Gasteiger partial charge in [-0.2, -0.15) is 8.78 Å². The fourth-order valence-corrected chi connectivity index (χ4v) is 1.43. The van der Waals surface area contributed by atoms with Gasteiger partial charge in [0.15, 0.2) is 0 Å². The van der Waals surface area contributed by atoms with Crippen molar-refractivity contribution in [2.75, 3.05) is 6.54 Å². The van der Waals surface area contributed by atoms with E-state index in [1.807, 2.05) is 0 Å². The molecule has 19 heavy (non-hydrogen) atoms. The lowest BCUT2D eigenvalue weighted by Crippen LogP contribution is -2.34. The molecule has 0 aliphatic heterocycles. The minimum absolute atomic E-state index is 0.0395. The molecule has 0 radical (unpaired) electrons. The Morgan fingerprint density at radius 1 is 1.32 bits per heavy atom. The highest BCUT2D eigenvalue weighted by atomic mass is 19.3. The summed E-state index contributed by atoms with van der Waals surface area (Å²) >= 11 is 0. The summed E-state index contributed by atoms with van der Waals surface area (Å²) in [7, 11) is 0. The zero-order valence-electron chi connectivity index (χ0n) is 10.2. The topological polar surface area (TPSA) is 78.8 Å². The van der Waals surface area contributed by atoms with E-state index >= 15 is 0 Å². The van der Waals surface area contributed by atoms with Crippen molar-refractivity contribution in [2.45, 2.75) is 25.7 Å². The van der Waals surface area contributed by atoms with Crippen LogP contribution < -0.4 is 10.1 Å². The number of nitrogens with one attached hydrogen (secondary N) is 1. The number of hydrogen-bond donors (Lipinski definition) is 3. The molecular formula is C12H15F2NO4. The largest absolute Gasteiger partial charge is 0.435 e. The van der Waals surface area contributed by atoms with Gasteiger partial charge in [0, 0.05) is 13.5 Å². The maximum atomic E-state index is 11.9. The first-order valence-electron chi connectivity index (χ1n) is 5.55. The molecule has 0 fully saturated rings. The summed E-state index contributed by atoms with van der Waals surface area (Å²) in [6.45, 7) is -1.73. The van der Waals surface area contributed by atoms with Crippen molar-refractivity contribution in [1.29, 1.82) is 0 Å². The Kier molecular flexibility index (Phi) is 5.65. The number of hydrogen-bond acceptors (Lipinski definition) is 4. The predicted molar refractivity (Wildman–Crippen MR) is 62.7 cm³/mol. The Morgan fingerprint density at radius 2 is 1.89 bits per heavy atom. The highest BCUT2D eigenvalue weighted by Crippen LogP contribution is 2.21. The Bertz CT molecular complexity index is 411. The van der Waals surface area contributed by atoms with Gasteiger partial charge in [-0.15, -0.1) is 0 Å². The fraction of sp³-hybridized carbons (Fsp3) is 0.417. The average Bonchev–Trinajstić information content (AvgIpc) is 2.35. The number of alkyl halides is 2. The molecule has 1 amide bonds. The van der Waals surface area contributed by atoms with E-state index in [2.05, 4.69) is 10.1 Å². The Morgan fingerprint density at radius 3 is 2.37 bits per heavy atom. The van der Waals surface area contributed by atoms with Crippen molar-refractivity contribution in [3.05, 3.63) is 29.8 Å². The predicted octanol–water partition coefficient (Wildman–Crippen LogP) is 0.818. The fourth-order valence-electron chi connectivity index (χ4n) is 1.43. The van der Waals surface area contributed by atoms with E-state index in [4.69, 9.17) is 0 Å². The highest BCUT2D eigenvalue weighted by molar-refractivity contribution is 5.72. The molecule has 0 saturated heterocycles. The minimum Gasteiger partial charge on any atom is -0.435 e. The molecule has 2 atom stereocenters. The van der Waals surface area contributed by atoms with Crippen LogP contribution in [0.3, 0.4) is 0 Å². The molecule has 5 nitrogen and oxygen atoms in total. The Hall–Kier alpha value is -1.73. The molecule has 0 spiro atoms. The van der Waals surface area contributed by atoms with Gasteiger partial charge >= 0.3 is 6.61 Å². The number of carbonyl (C=O) groups is 1. The van der Waals surface area contributed by atoms with Gasteiger partial charge in [0.05, 0.1) is 0 Å². The normalized spacial score (nSPS) is 14.0. The lowest BCUT2D eigenvalue weighted by Gasteiger charge is -2.18. The highest BCUT2D eigenvalue weighted by Gasteiger charge is 2.18. The number of ether oxygens (including phenoxy) is 1. The van der Waals surface area contributed by atoms with Crippen molar-refractivity contribution in [3.8, 4) is 5.75 Å². The number of benzene rings is 1. The number of amides is 1. The molecule has 0 aliphatic carbocycles. The smallest absolute Gasteiger partial charge is 0.387 e. The quantitative estimate of drug-likeness (QED) is 0.718. The summed E-state index contributed by atoms with van der Waals surface area (Å²) in [4.78, 5) is 10.7. The molecule has 0 aromatic heterocycles. The van der Waals surface area contributed by atoms with Gasteiger partial charge in [0.25, 0.3) is 0 Å². The van der Waals surface area contributed by atoms with Crippen LogP contribution in [-0.4, -0.2) is 35.4 Å². The third-order valence-electron chi connectivity index (χ3n) is 2.37. The third-order valence-corrected chi connectivity index (χ3v) is 2.37. The van der Waals surface area contributed by atoms with Crippen molar-refractivity contribution in [3.63, 3.8) is 0 Å². The monoisotopic (exact) mass is 275 g/mol. The molecule has 1 aromatic rings. The second kappa shape index (κ2) is 7.01. The summed E-state index contributed by atoms with van der Waals surface area (Å²) in [5.74, 6) is -0.366. The van der Waals surface area contributed by atoms with Crippen molar-refractivity contribution < 1.29 is 28.5 Å². The van der Waals surface area contributed by atoms with E-state index in [-0.39, 0.29) is 18.2 Å². The first-order valence-corrected chi connectivity index (χ1v) is 5.55. The van der Waals surface area contributed by atoms with Crippen LogP contribution in [0.4, 0.5) is 8.78 Å². The molecule has 106 valence electrons. The minimum atomic E-state index is -2.92. The SMILES string of the molecule is CC(=O)NCC(O)C(O)c1ccc(OC(F)F)cc1. The van der Waals surface area contributed by atoms with Gasteiger partial charge in [-0.25, -0.2) is 0 Å². The molecule has 3 N–H and O–H groups in total. The number of aliphatic hydroxyl groups excluding tert-OH is 2. The first-order chi connectivity index (χ1) is 8.90. The van der Waals surface area contributed by atoms with E-state index in [1.165, 1.54) is 31.2 Å². The van der Waals surface area contributed by atoms with Crippen molar-refractivity contribution >= 4 is 5.91 Å². The van der Waals surface area contributed by atoms with Crippen LogP contribution in [-0.2, 0) is 4.79 Å². The zero-order chi connectivity index (χ0) is 14.4. The lowest BCUT2D eigenvalue weighted by molar-refractivity contribution is -0.119. The van der Waals surface area contributed by atoms with Crippen LogP contribution in [0.15, 0.2) is 24.3 Å². The number of halogens is 2. The molecule has 7 heteroatoms. The van der Waals surface area contributed by atoms with Gasteiger partial charge < -0.3 is 20.3 Å². The second-order valence-electron chi connectivity index (χ2n) is 3.90. The van der Waals surface area contributed by atoms with E-state index < -0.39 is 18.8 Å². The molecule has 1 rings (SSSR count). The van der Waals surface area contributed by atoms with Gasteiger partial charge in [0.2, 0.25) is 5.91 Å². The molecule has 0 bridgehead atoms. The molecular weight excluding hydrogens is 260 g/mol. The maximum Gasteiger partial charge on any atom is 0.387 e. The molecule has 1 aromatic carbocycles. The van der Waals surface area contributed by atoms with Crippen LogP contribution in [0.5, 0.6) is 5.75 Å². The van der Waals surface area contributed by atoms with Gasteiger partial charge in [-0.05, 0) is 17.7 Å². The summed E-state index contributed by atoms with van der Waals surface area (Å²) < 4.78 is 28.0. The molecule has 0 heterocycles. The summed E-state index contributed by atoms with van der Waals surface area (Å²) in [6, 6.07) is 5.24. The first kappa shape index (κ1) is 15.3. The van der Waals surface area contributed by atoms with Crippen LogP contribution in [0.2, 0.25) is 0 Å². The number of carbonyl (C=O) groups excluding carboxylic acids is 1. The molecule has 0 aliphatic rings. The summed E-state index contributed by atoms with van der Waals surface area (Å²) in [5.41, 5.74) is 0.333. The Balaban J connectivity index is 2.61. The average molecular weight is 275 g/mol. The van der Waals surface area contributed by atoms with E-state index in [9.17, 15) is 23.8 Å². The number of aliphatic hydroxyl groups is 2. The van der Waals surface area contributed by atoms with E-state index in [1.54, 1.807) is 0 Å². The van der Waals surface area contributed by atoms with Gasteiger partial charge in [-0.3, -0.25) is 4.79 Å². The van der Waals surface area contributed by atoms with Gasteiger partial charge in [-0.1, -0.05) is 12.1 Å². The van der Waals surface area contributed by atoms with Crippen LogP contribution in [0, 0.1) is 0 Å². The van der Waals surface area contributed by atoms with Gasteiger partial charge in [0.1, 0.15) is 18.0 Å².